The molecule has 4 heteroatoms. The van der Waals surface area contributed by atoms with Crippen molar-refractivity contribution in [2.45, 2.75) is 0 Å². The Morgan fingerprint density at radius 2 is 2.29 bits per heavy atom. The predicted octanol–water partition coefficient (Wildman–Crippen LogP) is -0.771. The minimum absolute atomic E-state index is 0.0208. The van der Waals surface area contributed by atoms with Gasteiger partial charge in [0.15, 0.2) is 0 Å². The van der Waals surface area contributed by atoms with Crippen LogP contribution in [0, 0.1) is 0 Å². The summed E-state index contributed by atoms with van der Waals surface area (Å²) in [5, 5.41) is 7.96. The molecule has 0 amide bonds. The van der Waals surface area contributed by atoms with Gasteiger partial charge in [0.2, 0.25) is 5.88 Å². The second kappa shape index (κ2) is 0.900. The summed E-state index contributed by atoms with van der Waals surface area (Å²) < 4.78 is 4.19. The molecule has 38 valence electrons. The van der Waals surface area contributed by atoms with E-state index < -0.39 is 5.97 Å². The quantitative estimate of drug-likeness (QED) is 0.454. The van der Waals surface area contributed by atoms with Crippen LogP contribution in [0.2, 0.25) is 0 Å². The molecule has 0 bridgehead atoms. The fourth-order valence-electron chi connectivity index (χ4n) is 0.233. The van der Waals surface area contributed by atoms with Gasteiger partial charge in [-0.25, -0.2) is 4.79 Å². The zero-order chi connectivity index (χ0) is 5.44. The first-order chi connectivity index (χ1) is 3.22. The molecule has 0 fully saturated rings. The standard InChI is InChI=1S/C3H3NO3/c4-2-1(7-2)3(5)6/h4H2,(H,5,6). The summed E-state index contributed by atoms with van der Waals surface area (Å²) in [5.74, 6) is -1.20. The monoisotopic (exact) mass is 101 g/mol. The lowest BCUT2D eigenvalue weighted by Crippen LogP contribution is -1.89. The van der Waals surface area contributed by atoms with Gasteiger partial charge in [0.1, 0.15) is 0 Å². The lowest BCUT2D eigenvalue weighted by atomic mass is 10.6. The van der Waals surface area contributed by atoms with E-state index in [0.29, 0.717) is 0 Å². The van der Waals surface area contributed by atoms with Crippen LogP contribution in [0.1, 0.15) is 0 Å². The fourth-order valence-corrected chi connectivity index (χ4v) is 0.233. The zero-order valence-electron chi connectivity index (χ0n) is 3.34. The maximum absolute atomic E-state index is 9.71. The van der Waals surface area contributed by atoms with Crippen LogP contribution in [0.15, 0.2) is 11.6 Å². The molecule has 0 aromatic heterocycles. The molecule has 0 unspecified atom stereocenters. The van der Waals surface area contributed by atoms with Crippen molar-refractivity contribution in [3.05, 3.63) is 11.6 Å². The Morgan fingerprint density at radius 3 is 2.29 bits per heavy atom. The highest BCUT2D eigenvalue weighted by Crippen LogP contribution is 2.19. The third kappa shape index (κ3) is 0.489. The lowest BCUT2D eigenvalue weighted by Gasteiger charge is -1.68. The summed E-state index contributed by atoms with van der Waals surface area (Å²) in [6.45, 7) is 0. The van der Waals surface area contributed by atoms with Crippen LogP contribution in [0.25, 0.3) is 0 Å². The Morgan fingerprint density at radius 1 is 1.86 bits per heavy atom. The number of carboxylic acid groups (broad SMARTS) is 1. The van der Waals surface area contributed by atoms with Crippen molar-refractivity contribution in [2.24, 2.45) is 5.73 Å². The molecule has 0 radical (unpaired) electrons. The molecule has 0 aromatic carbocycles. The number of hydrogen-bond acceptors (Lipinski definition) is 3. The molecule has 1 aliphatic heterocycles. The molecular weight excluding hydrogens is 98.0 g/mol. The van der Waals surface area contributed by atoms with Crippen LogP contribution in [0.4, 0.5) is 0 Å². The highest BCUT2D eigenvalue weighted by atomic mass is 16.6. The first-order valence-corrected chi connectivity index (χ1v) is 1.62. The second-order valence-corrected chi connectivity index (χ2v) is 1.10. The SMILES string of the molecule is NC1=C(C(=O)O)O1. The number of hydrogen-bond donors (Lipinski definition) is 2. The van der Waals surface area contributed by atoms with E-state index in [1.165, 1.54) is 0 Å². The third-order valence-corrected chi connectivity index (χ3v) is 0.588. The number of carboxylic acids is 1. The van der Waals surface area contributed by atoms with Gasteiger partial charge in [-0.3, -0.25) is 0 Å². The topological polar surface area (TPSA) is 75.9 Å². The van der Waals surface area contributed by atoms with Crippen molar-refractivity contribution in [2.75, 3.05) is 0 Å². The molecule has 4 nitrogen and oxygen atoms in total. The van der Waals surface area contributed by atoms with Gasteiger partial charge in [0, 0.05) is 0 Å². The number of ether oxygens (including phenoxy) is 1. The average molecular weight is 101 g/mol. The molecule has 1 heterocycles. The van der Waals surface area contributed by atoms with Gasteiger partial charge in [0.05, 0.1) is 0 Å². The molecule has 0 saturated heterocycles. The molecule has 0 saturated carbocycles. The number of carbonyl (C=O) groups is 1. The molecule has 3 N–H and O–H groups in total. The van der Waals surface area contributed by atoms with Gasteiger partial charge < -0.3 is 15.6 Å². The molecule has 0 aromatic rings. The van der Waals surface area contributed by atoms with Crippen molar-refractivity contribution >= 4 is 5.97 Å². The van der Waals surface area contributed by atoms with E-state index in [2.05, 4.69) is 4.74 Å². The average Bonchev–Trinajstić information content (AvgIpc) is 2.17. The Bertz CT molecular complexity index is 143. The molecule has 1 rings (SSSR count). The summed E-state index contributed by atoms with van der Waals surface area (Å²) >= 11 is 0. The highest BCUT2D eigenvalue weighted by molar-refractivity contribution is 5.88. The zero-order valence-corrected chi connectivity index (χ0v) is 3.34. The van der Waals surface area contributed by atoms with Gasteiger partial charge in [0.25, 0.3) is 5.76 Å². The van der Waals surface area contributed by atoms with E-state index in [9.17, 15) is 4.79 Å². The molecule has 0 atom stereocenters. The summed E-state index contributed by atoms with van der Waals surface area (Å²) in [6.07, 6.45) is 0. The largest absolute Gasteiger partial charge is 0.475 e. The minimum atomic E-state index is -1.10. The summed E-state index contributed by atoms with van der Waals surface area (Å²) in [5.41, 5.74) is 4.84. The number of aliphatic carboxylic acids is 1. The van der Waals surface area contributed by atoms with Crippen LogP contribution >= 0.6 is 0 Å². The van der Waals surface area contributed by atoms with Crippen LogP contribution in [0.5, 0.6) is 0 Å². The van der Waals surface area contributed by atoms with Gasteiger partial charge in [-0.2, -0.15) is 0 Å². The predicted molar refractivity (Wildman–Crippen MR) is 19.9 cm³/mol. The van der Waals surface area contributed by atoms with Gasteiger partial charge in [-0.1, -0.05) is 0 Å². The van der Waals surface area contributed by atoms with Crippen molar-refractivity contribution in [1.29, 1.82) is 0 Å². The molecular formula is C3H3NO3. The maximum atomic E-state index is 9.71. The third-order valence-electron chi connectivity index (χ3n) is 0.588. The fraction of sp³-hybridized carbons (Fsp3) is 0. The van der Waals surface area contributed by atoms with Crippen LogP contribution in [-0.4, -0.2) is 11.1 Å². The van der Waals surface area contributed by atoms with E-state index in [1.54, 1.807) is 0 Å². The molecule has 0 aliphatic carbocycles. The van der Waals surface area contributed by atoms with E-state index in [4.69, 9.17) is 10.8 Å². The lowest BCUT2D eigenvalue weighted by molar-refractivity contribution is -0.133. The van der Waals surface area contributed by atoms with Crippen LogP contribution in [0.3, 0.4) is 0 Å². The first kappa shape index (κ1) is 3.98. The molecule has 0 spiro atoms. The molecule has 7 heavy (non-hydrogen) atoms. The van der Waals surface area contributed by atoms with Crippen molar-refractivity contribution in [3.8, 4) is 0 Å². The van der Waals surface area contributed by atoms with E-state index in [1.807, 2.05) is 0 Å². The van der Waals surface area contributed by atoms with Crippen LogP contribution < -0.4 is 5.73 Å². The van der Waals surface area contributed by atoms with Gasteiger partial charge in [-0.05, 0) is 0 Å². The summed E-state index contributed by atoms with van der Waals surface area (Å²) in [4.78, 5) is 9.71. The first-order valence-electron chi connectivity index (χ1n) is 1.62. The maximum Gasteiger partial charge on any atom is 0.377 e. The van der Waals surface area contributed by atoms with Crippen molar-refractivity contribution < 1.29 is 14.6 Å². The highest BCUT2D eigenvalue weighted by Gasteiger charge is 2.28. The van der Waals surface area contributed by atoms with Crippen LogP contribution in [-0.2, 0) is 9.53 Å². The Kier molecular flexibility index (Phi) is 0.512. The smallest absolute Gasteiger partial charge is 0.377 e. The van der Waals surface area contributed by atoms with Crippen molar-refractivity contribution in [3.63, 3.8) is 0 Å². The number of rotatable bonds is 1. The Balaban J connectivity index is 2.62. The van der Waals surface area contributed by atoms with Crippen molar-refractivity contribution in [1.82, 2.24) is 0 Å². The van der Waals surface area contributed by atoms with E-state index in [0.717, 1.165) is 0 Å². The van der Waals surface area contributed by atoms with Gasteiger partial charge >= 0.3 is 5.97 Å². The summed E-state index contributed by atoms with van der Waals surface area (Å²) in [7, 11) is 0. The Hall–Kier alpha value is -1.19. The number of nitrogens with two attached hydrogens (primary N) is 1. The second-order valence-electron chi connectivity index (χ2n) is 1.10. The Labute approximate surface area is 39.2 Å². The minimum Gasteiger partial charge on any atom is -0.475 e. The van der Waals surface area contributed by atoms with Gasteiger partial charge in [-0.15, -0.1) is 0 Å². The normalized spacial score (nSPS) is 16.0. The van der Waals surface area contributed by atoms with E-state index in [-0.39, 0.29) is 11.6 Å². The molecule has 1 aliphatic rings. The van der Waals surface area contributed by atoms with E-state index >= 15 is 0 Å². The summed E-state index contributed by atoms with van der Waals surface area (Å²) in [6, 6.07) is 0.